The second kappa shape index (κ2) is 5.10. The number of piperidine rings is 1. The number of anilines is 1. The minimum Gasteiger partial charge on any atom is -0.370 e. The molecule has 0 radical (unpaired) electrons. The summed E-state index contributed by atoms with van der Waals surface area (Å²) in [6.45, 7) is 1.36. The average Bonchev–Trinajstić information content (AvgIpc) is 2.37. The molecule has 102 valence electrons. The lowest BCUT2D eigenvalue weighted by atomic mass is 10.0. The average molecular weight is 269 g/mol. The lowest BCUT2D eigenvalue weighted by molar-refractivity contribution is -0.137. The maximum atomic E-state index is 12.7. The molecule has 1 heterocycles. The first kappa shape index (κ1) is 13.7. The van der Waals surface area contributed by atoms with E-state index >= 15 is 0 Å². The Morgan fingerprint density at radius 2 is 2.11 bits per heavy atom. The van der Waals surface area contributed by atoms with Gasteiger partial charge in [-0.25, -0.2) is 0 Å². The van der Waals surface area contributed by atoms with Crippen LogP contribution in [-0.4, -0.2) is 19.1 Å². The first-order chi connectivity index (χ1) is 8.91. The molecule has 1 aliphatic rings. The molecule has 1 atom stereocenters. The Bertz CT molecular complexity index is 505. The highest BCUT2D eigenvalue weighted by Gasteiger charge is 2.34. The van der Waals surface area contributed by atoms with Crippen LogP contribution in [0.5, 0.6) is 0 Å². The van der Waals surface area contributed by atoms with Gasteiger partial charge in [-0.05, 0) is 31.0 Å². The normalized spacial score (nSPS) is 20.2. The SMILES string of the molecule is N#Cc1cc(N2CCC[C@@H](N)C2)ccc1C(F)(F)F. The van der Waals surface area contributed by atoms with Gasteiger partial charge in [0.1, 0.15) is 0 Å². The topological polar surface area (TPSA) is 53.0 Å². The van der Waals surface area contributed by atoms with Gasteiger partial charge in [-0.2, -0.15) is 18.4 Å². The number of alkyl halides is 3. The van der Waals surface area contributed by atoms with Gasteiger partial charge in [0, 0.05) is 24.8 Å². The molecule has 1 aromatic rings. The van der Waals surface area contributed by atoms with Crippen molar-refractivity contribution in [1.29, 1.82) is 5.26 Å². The fourth-order valence-corrected chi connectivity index (χ4v) is 2.31. The molecule has 0 saturated carbocycles. The van der Waals surface area contributed by atoms with Crippen molar-refractivity contribution in [1.82, 2.24) is 0 Å². The predicted octanol–water partition coefficient (Wildman–Crippen LogP) is 2.50. The maximum Gasteiger partial charge on any atom is 0.417 e. The minimum atomic E-state index is -4.50. The summed E-state index contributed by atoms with van der Waals surface area (Å²) >= 11 is 0. The van der Waals surface area contributed by atoms with Crippen LogP contribution in [0.25, 0.3) is 0 Å². The molecule has 2 rings (SSSR count). The highest BCUT2D eigenvalue weighted by Crippen LogP contribution is 2.34. The van der Waals surface area contributed by atoms with E-state index in [4.69, 9.17) is 11.0 Å². The molecule has 2 N–H and O–H groups in total. The van der Waals surface area contributed by atoms with Gasteiger partial charge in [0.15, 0.2) is 0 Å². The van der Waals surface area contributed by atoms with Gasteiger partial charge >= 0.3 is 6.18 Å². The summed E-state index contributed by atoms with van der Waals surface area (Å²) in [5, 5.41) is 8.86. The van der Waals surface area contributed by atoms with E-state index in [1.54, 1.807) is 6.07 Å². The van der Waals surface area contributed by atoms with E-state index in [9.17, 15) is 13.2 Å². The molecule has 6 heteroatoms. The highest BCUT2D eigenvalue weighted by molar-refractivity contribution is 5.55. The number of benzene rings is 1. The van der Waals surface area contributed by atoms with Gasteiger partial charge < -0.3 is 10.6 Å². The fraction of sp³-hybridized carbons (Fsp3) is 0.462. The van der Waals surface area contributed by atoms with Crippen LogP contribution in [0.4, 0.5) is 18.9 Å². The third-order valence-electron chi connectivity index (χ3n) is 3.25. The Labute approximate surface area is 109 Å². The molecule has 1 saturated heterocycles. The quantitative estimate of drug-likeness (QED) is 0.852. The Morgan fingerprint density at radius 1 is 1.37 bits per heavy atom. The molecule has 1 aliphatic heterocycles. The Kier molecular flexibility index (Phi) is 3.67. The number of hydrogen-bond acceptors (Lipinski definition) is 3. The molecule has 0 bridgehead atoms. The Balaban J connectivity index is 2.32. The van der Waals surface area contributed by atoms with Crippen molar-refractivity contribution in [3.63, 3.8) is 0 Å². The van der Waals surface area contributed by atoms with Gasteiger partial charge in [-0.15, -0.1) is 0 Å². The number of hydrogen-bond donors (Lipinski definition) is 1. The monoisotopic (exact) mass is 269 g/mol. The first-order valence-electron chi connectivity index (χ1n) is 6.03. The van der Waals surface area contributed by atoms with E-state index in [0.717, 1.165) is 25.5 Å². The first-order valence-corrected chi connectivity index (χ1v) is 6.03. The van der Waals surface area contributed by atoms with Crippen molar-refractivity contribution in [3.05, 3.63) is 29.3 Å². The van der Waals surface area contributed by atoms with Crippen LogP contribution in [0.15, 0.2) is 18.2 Å². The minimum absolute atomic E-state index is 0.0292. The molecule has 0 spiro atoms. The van der Waals surface area contributed by atoms with Crippen LogP contribution in [0.3, 0.4) is 0 Å². The zero-order valence-corrected chi connectivity index (χ0v) is 10.2. The lowest BCUT2D eigenvalue weighted by Crippen LogP contribution is -2.42. The zero-order chi connectivity index (χ0) is 14.0. The van der Waals surface area contributed by atoms with Gasteiger partial charge in [-0.1, -0.05) is 0 Å². The molecule has 19 heavy (non-hydrogen) atoms. The van der Waals surface area contributed by atoms with E-state index in [-0.39, 0.29) is 11.6 Å². The van der Waals surface area contributed by atoms with E-state index in [0.29, 0.717) is 12.2 Å². The Morgan fingerprint density at radius 3 is 2.68 bits per heavy atom. The van der Waals surface area contributed by atoms with Gasteiger partial charge in [0.25, 0.3) is 0 Å². The summed E-state index contributed by atoms with van der Waals surface area (Å²) in [5.41, 5.74) is 5.24. The van der Waals surface area contributed by atoms with Crippen molar-refractivity contribution in [2.75, 3.05) is 18.0 Å². The van der Waals surface area contributed by atoms with Crippen LogP contribution in [0.1, 0.15) is 24.0 Å². The molecular weight excluding hydrogens is 255 g/mol. The lowest BCUT2D eigenvalue weighted by Gasteiger charge is -2.32. The molecule has 1 fully saturated rings. The number of nitriles is 1. The fourth-order valence-electron chi connectivity index (χ4n) is 2.31. The van der Waals surface area contributed by atoms with Crippen molar-refractivity contribution in [3.8, 4) is 6.07 Å². The van der Waals surface area contributed by atoms with E-state index in [2.05, 4.69) is 0 Å². The van der Waals surface area contributed by atoms with Gasteiger partial charge in [-0.3, -0.25) is 0 Å². The molecular formula is C13H14F3N3. The van der Waals surface area contributed by atoms with Gasteiger partial charge in [0.05, 0.1) is 17.2 Å². The van der Waals surface area contributed by atoms with Crippen molar-refractivity contribution in [2.24, 2.45) is 5.73 Å². The standard InChI is InChI=1S/C13H14F3N3/c14-13(15,16)12-4-3-11(6-9(12)7-17)19-5-1-2-10(18)8-19/h3-4,6,10H,1-2,5,8,18H2/t10-/m1/s1. The third-order valence-corrected chi connectivity index (χ3v) is 3.25. The molecule has 1 aromatic carbocycles. The van der Waals surface area contributed by atoms with Crippen molar-refractivity contribution in [2.45, 2.75) is 25.1 Å². The van der Waals surface area contributed by atoms with Crippen LogP contribution in [0, 0.1) is 11.3 Å². The molecule has 0 aliphatic carbocycles. The summed E-state index contributed by atoms with van der Waals surface area (Å²) in [6, 6.07) is 5.31. The predicted molar refractivity (Wildman–Crippen MR) is 65.6 cm³/mol. The number of nitrogens with zero attached hydrogens (tertiary/aromatic N) is 2. The van der Waals surface area contributed by atoms with Crippen LogP contribution >= 0.6 is 0 Å². The number of rotatable bonds is 1. The van der Waals surface area contributed by atoms with Gasteiger partial charge in [0.2, 0.25) is 0 Å². The molecule has 3 nitrogen and oxygen atoms in total. The molecule has 0 amide bonds. The van der Waals surface area contributed by atoms with E-state index in [1.165, 1.54) is 12.1 Å². The maximum absolute atomic E-state index is 12.7. The van der Waals surface area contributed by atoms with Crippen LogP contribution < -0.4 is 10.6 Å². The highest BCUT2D eigenvalue weighted by atomic mass is 19.4. The largest absolute Gasteiger partial charge is 0.417 e. The Hall–Kier alpha value is -1.74. The second-order valence-electron chi connectivity index (χ2n) is 4.69. The number of halogens is 3. The van der Waals surface area contributed by atoms with Crippen LogP contribution in [-0.2, 0) is 6.18 Å². The van der Waals surface area contributed by atoms with Crippen LogP contribution in [0.2, 0.25) is 0 Å². The summed E-state index contributed by atoms with van der Waals surface area (Å²) in [7, 11) is 0. The third kappa shape index (κ3) is 2.99. The smallest absolute Gasteiger partial charge is 0.370 e. The second-order valence-corrected chi connectivity index (χ2v) is 4.69. The summed E-state index contributed by atoms with van der Waals surface area (Å²) in [6.07, 6.45) is -2.67. The van der Waals surface area contributed by atoms with Crippen molar-refractivity contribution >= 4 is 5.69 Å². The number of nitrogens with two attached hydrogens (primary N) is 1. The van der Waals surface area contributed by atoms with E-state index < -0.39 is 11.7 Å². The summed E-state index contributed by atoms with van der Waals surface area (Å²) in [5.74, 6) is 0. The molecule has 0 aromatic heterocycles. The summed E-state index contributed by atoms with van der Waals surface area (Å²) < 4.78 is 38.1. The zero-order valence-electron chi connectivity index (χ0n) is 10.2. The summed E-state index contributed by atoms with van der Waals surface area (Å²) in [4.78, 5) is 1.93. The molecule has 0 unspecified atom stereocenters. The van der Waals surface area contributed by atoms with E-state index in [1.807, 2.05) is 4.90 Å². The van der Waals surface area contributed by atoms with Crippen molar-refractivity contribution < 1.29 is 13.2 Å².